The van der Waals surface area contributed by atoms with Crippen LogP contribution in [0.3, 0.4) is 0 Å². The summed E-state index contributed by atoms with van der Waals surface area (Å²) in [7, 11) is 0. The van der Waals surface area contributed by atoms with Crippen molar-refractivity contribution in [1.29, 1.82) is 0 Å². The molecule has 1 aromatic rings. The average molecular weight is 276 g/mol. The smallest absolute Gasteiger partial charge is 0.331 e. The molecule has 0 atom stereocenters. The number of nitrogens with zero attached hydrogens (tertiary/aromatic N) is 2. The van der Waals surface area contributed by atoms with Gasteiger partial charge in [0.2, 0.25) is 0 Å². The molecule has 0 aliphatic heterocycles. The third-order valence-corrected chi connectivity index (χ3v) is 3.25. The van der Waals surface area contributed by atoms with Crippen LogP contribution in [0.1, 0.15) is 56.8 Å². The van der Waals surface area contributed by atoms with Gasteiger partial charge in [0, 0.05) is 24.4 Å². The van der Waals surface area contributed by atoms with E-state index < -0.39 is 5.97 Å². The van der Waals surface area contributed by atoms with E-state index in [1.165, 1.54) is 32.1 Å². The number of hydrogen-bond donors (Lipinski definition) is 1. The minimum Gasteiger partial charge on any atom is -0.478 e. The van der Waals surface area contributed by atoms with Crippen LogP contribution in [0.2, 0.25) is 0 Å². The standard InChI is InChI=1S/C16H24N2O2/c1-3-4-5-6-7-8-9-14-11-17-15(18-12-14)10-13(2)16(19)20/h11-12H,2-10H2,1H3,(H,19,20). The molecule has 0 unspecified atom stereocenters. The van der Waals surface area contributed by atoms with E-state index in [0.29, 0.717) is 5.82 Å². The predicted octanol–water partition coefficient (Wildman–Crippen LogP) is 3.56. The molecular weight excluding hydrogens is 252 g/mol. The van der Waals surface area contributed by atoms with Gasteiger partial charge in [0.1, 0.15) is 5.82 Å². The number of carbonyl (C=O) groups is 1. The second kappa shape index (κ2) is 9.23. The first-order valence-electron chi connectivity index (χ1n) is 7.34. The first kappa shape index (κ1) is 16.3. The summed E-state index contributed by atoms with van der Waals surface area (Å²) < 4.78 is 0. The zero-order chi connectivity index (χ0) is 14.8. The average Bonchev–Trinajstić information content (AvgIpc) is 2.44. The molecule has 1 aromatic heterocycles. The number of rotatable bonds is 10. The molecule has 0 aromatic carbocycles. The molecule has 0 spiro atoms. The Morgan fingerprint density at radius 2 is 1.75 bits per heavy atom. The molecule has 0 bridgehead atoms. The van der Waals surface area contributed by atoms with Crippen molar-refractivity contribution in [2.75, 3.05) is 0 Å². The second-order valence-corrected chi connectivity index (χ2v) is 5.11. The lowest BCUT2D eigenvalue weighted by Crippen LogP contribution is -2.05. The Morgan fingerprint density at radius 3 is 2.35 bits per heavy atom. The van der Waals surface area contributed by atoms with Crippen molar-refractivity contribution in [3.05, 3.63) is 35.9 Å². The Balaban J connectivity index is 2.28. The number of unbranched alkanes of at least 4 members (excludes halogenated alkanes) is 5. The minimum absolute atomic E-state index is 0.119. The maximum absolute atomic E-state index is 10.7. The maximum atomic E-state index is 10.7. The summed E-state index contributed by atoms with van der Waals surface area (Å²) in [6.07, 6.45) is 12.4. The van der Waals surface area contributed by atoms with Gasteiger partial charge in [-0.25, -0.2) is 14.8 Å². The molecule has 20 heavy (non-hydrogen) atoms. The largest absolute Gasteiger partial charge is 0.478 e. The molecule has 1 N–H and O–H groups in total. The van der Waals surface area contributed by atoms with Gasteiger partial charge in [0.25, 0.3) is 0 Å². The second-order valence-electron chi connectivity index (χ2n) is 5.11. The maximum Gasteiger partial charge on any atom is 0.331 e. The quantitative estimate of drug-likeness (QED) is 0.524. The summed E-state index contributed by atoms with van der Waals surface area (Å²) >= 11 is 0. The van der Waals surface area contributed by atoms with Crippen LogP contribution in [-0.2, 0) is 17.6 Å². The van der Waals surface area contributed by atoms with E-state index in [-0.39, 0.29) is 12.0 Å². The van der Waals surface area contributed by atoms with Crippen LogP contribution in [0.4, 0.5) is 0 Å². The Labute approximate surface area is 121 Å². The number of aromatic nitrogens is 2. The van der Waals surface area contributed by atoms with Crippen LogP contribution in [0.15, 0.2) is 24.5 Å². The highest BCUT2D eigenvalue weighted by Gasteiger charge is 2.07. The van der Waals surface area contributed by atoms with Gasteiger partial charge in [0.15, 0.2) is 0 Å². The fourth-order valence-corrected chi connectivity index (χ4v) is 1.98. The normalized spacial score (nSPS) is 10.4. The van der Waals surface area contributed by atoms with Crippen LogP contribution >= 0.6 is 0 Å². The molecule has 0 saturated carbocycles. The van der Waals surface area contributed by atoms with E-state index in [2.05, 4.69) is 23.5 Å². The zero-order valence-electron chi connectivity index (χ0n) is 12.3. The third-order valence-electron chi connectivity index (χ3n) is 3.25. The van der Waals surface area contributed by atoms with E-state index in [1.807, 2.05) is 0 Å². The van der Waals surface area contributed by atoms with Crippen molar-refractivity contribution in [3.63, 3.8) is 0 Å². The van der Waals surface area contributed by atoms with Crippen molar-refractivity contribution in [1.82, 2.24) is 9.97 Å². The zero-order valence-corrected chi connectivity index (χ0v) is 12.3. The molecule has 0 aliphatic carbocycles. The topological polar surface area (TPSA) is 63.1 Å². The molecule has 0 fully saturated rings. The van der Waals surface area contributed by atoms with E-state index in [1.54, 1.807) is 12.4 Å². The first-order valence-corrected chi connectivity index (χ1v) is 7.34. The fraction of sp³-hybridized carbons (Fsp3) is 0.562. The molecule has 4 nitrogen and oxygen atoms in total. The SMILES string of the molecule is C=C(Cc1ncc(CCCCCCCC)cn1)C(=O)O. The summed E-state index contributed by atoms with van der Waals surface area (Å²) in [6.45, 7) is 5.70. The Morgan fingerprint density at radius 1 is 1.15 bits per heavy atom. The molecule has 110 valence electrons. The van der Waals surface area contributed by atoms with E-state index in [9.17, 15) is 4.79 Å². The van der Waals surface area contributed by atoms with Crippen LogP contribution in [0.5, 0.6) is 0 Å². The molecule has 1 rings (SSSR count). The van der Waals surface area contributed by atoms with E-state index in [0.717, 1.165) is 18.4 Å². The first-order chi connectivity index (χ1) is 9.63. The summed E-state index contributed by atoms with van der Waals surface area (Å²) in [5, 5.41) is 8.75. The lowest BCUT2D eigenvalue weighted by molar-refractivity contribution is -0.132. The van der Waals surface area contributed by atoms with Crippen molar-refractivity contribution < 1.29 is 9.90 Å². The lowest BCUT2D eigenvalue weighted by Gasteiger charge is -2.03. The van der Waals surface area contributed by atoms with Crippen LogP contribution < -0.4 is 0 Å². The van der Waals surface area contributed by atoms with Crippen molar-refractivity contribution in [2.45, 2.75) is 58.3 Å². The lowest BCUT2D eigenvalue weighted by atomic mass is 10.1. The van der Waals surface area contributed by atoms with Gasteiger partial charge in [-0.1, -0.05) is 45.6 Å². The van der Waals surface area contributed by atoms with Crippen LogP contribution in [0.25, 0.3) is 0 Å². The van der Waals surface area contributed by atoms with Gasteiger partial charge < -0.3 is 5.11 Å². The molecule has 0 aliphatic rings. The van der Waals surface area contributed by atoms with Crippen LogP contribution in [-0.4, -0.2) is 21.0 Å². The van der Waals surface area contributed by atoms with E-state index >= 15 is 0 Å². The van der Waals surface area contributed by atoms with Gasteiger partial charge >= 0.3 is 5.97 Å². The fourth-order valence-electron chi connectivity index (χ4n) is 1.98. The summed E-state index contributed by atoms with van der Waals surface area (Å²) in [5.41, 5.74) is 1.24. The number of aryl methyl sites for hydroxylation is 1. The summed E-state index contributed by atoms with van der Waals surface area (Å²) in [4.78, 5) is 19.1. The summed E-state index contributed by atoms with van der Waals surface area (Å²) in [6, 6.07) is 0. The third kappa shape index (κ3) is 6.45. The Bertz CT molecular complexity index is 427. The molecule has 0 saturated heterocycles. The van der Waals surface area contributed by atoms with E-state index in [4.69, 9.17) is 5.11 Å². The number of aliphatic carboxylic acids is 1. The minimum atomic E-state index is -0.996. The van der Waals surface area contributed by atoms with Crippen molar-refractivity contribution >= 4 is 5.97 Å². The van der Waals surface area contributed by atoms with Gasteiger partial charge in [-0.3, -0.25) is 0 Å². The van der Waals surface area contributed by atoms with Gasteiger partial charge in [-0.05, 0) is 18.4 Å². The van der Waals surface area contributed by atoms with Crippen LogP contribution in [0, 0.1) is 0 Å². The number of carboxylic acid groups (broad SMARTS) is 1. The summed E-state index contributed by atoms with van der Waals surface area (Å²) in [5.74, 6) is -0.478. The van der Waals surface area contributed by atoms with Crippen molar-refractivity contribution in [3.8, 4) is 0 Å². The molecule has 0 amide bonds. The highest BCUT2D eigenvalue weighted by atomic mass is 16.4. The Hall–Kier alpha value is -1.71. The highest BCUT2D eigenvalue weighted by Crippen LogP contribution is 2.09. The highest BCUT2D eigenvalue weighted by molar-refractivity contribution is 5.86. The number of hydrogen-bond acceptors (Lipinski definition) is 3. The number of carboxylic acids is 1. The molecule has 4 heteroatoms. The Kier molecular flexibility index (Phi) is 7.55. The molecule has 1 heterocycles. The monoisotopic (exact) mass is 276 g/mol. The molecular formula is C16H24N2O2. The molecule has 0 radical (unpaired) electrons. The van der Waals surface area contributed by atoms with Crippen molar-refractivity contribution in [2.24, 2.45) is 0 Å². The van der Waals surface area contributed by atoms with Gasteiger partial charge in [0.05, 0.1) is 0 Å². The predicted molar refractivity (Wildman–Crippen MR) is 79.6 cm³/mol. The van der Waals surface area contributed by atoms with Gasteiger partial charge in [-0.2, -0.15) is 0 Å². The van der Waals surface area contributed by atoms with Gasteiger partial charge in [-0.15, -0.1) is 0 Å².